The topological polar surface area (TPSA) is 61.9 Å². The van der Waals surface area contributed by atoms with Crippen molar-refractivity contribution < 1.29 is 8.78 Å². The third kappa shape index (κ3) is 3.84. The molecule has 7 heteroatoms. The van der Waals surface area contributed by atoms with Gasteiger partial charge in [0.2, 0.25) is 0 Å². The number of rotatable bonds is 4. The van der Waals surface area contributed by atoms with E-state index in [1.807, 2.05) is 0 Å². The lowest BCUT2D eigenvalue weighted by molar-refractivity contribution is 0.135. The van der Waals surface area contributed by atoms with Crippen LogP contribution >= 0.6 is 0 Å². The number of nitrogens with one attached hydrogen (secondary N) is 1. The molecule has 144 valence electrons. The van der Waals surface area contributed by atoms with Crippen molar-refractivity contribution >= 4 is 0 Å². The van der Waals surface area contributed by atoms with Crippen LogP contribution in [0.2, 0.25) is 0 Å². The first kappa shape index (κ1) is 18.4. The summed E-state index contributed by atoms with van der Waals surface area (Å²) >= 11 is 0. The van der Waals surface area contributed by atoms with Crippen LogP contribution in [0.3, 0.4) is 0 Å². The molecule has 1 atom stereocenters. The number of aromatic nitrogens is 3. The predicted octanol–water partition coefficient (Wildman–Crippen LogP) is 3.84. The molecule has 3 aromatic rings. The first-order valence-electron chi connectivity index (χ1n) is 9.30. The minimum Gasteiger partial charge on any atom is -0.307 e. The third-order valence-electron chi connectivity index (χ3n) is 5.08. The number of piperidine rings is 1. The highest BCUT2D eigenvalue weighted by atomic mass is 19.2. The summed E-state index contributed by atoms with van der Waals surface area (Å²) in [6, 6.07) is 9.16. The molecule has 1 aromatic carbocycles. The van der Waals surface area contributed by atoms with Crippen LogP contribution in [0.5, 0.6) is 0 Å². The fourth-order valence-corrected chi connectivity index (χ4v) is 3.70. The summed E-state index contributed by atoms with van der Waals surface area (Å²) in [5, 5.41) is 0. The van der Waals surface area contributed by atoms with Gasteiger partial charge in [0.05, 0.1) is 11.7 Å². The van der Waals surface area contributed by atoms with Crippen molar-refractivity contribution in [2.75, 3.05) is 6.54 Å². The number of hydrogen-bond donors (Lipinski definition) is 1. The maximum absolute atomic E-state index is 14.2. The minimum atomic E-state index is -0.847. The zero-order valence-electron chi connectivity index (χ0n) is 15.2. The lowest BCUT2D eigenvalue weighted by Gasteiger charge is -2.35. The largest absolute Gasteiger partial charge is 0.307 e. The van der Waals surface area contributed by atoms with E-state index in [-0.39, 0.29) is 18.1 Å². The van der Waals surface area contributed by atoms with Crippen LogP contribution in [0.25, 0.3) is 11.4 Å². The van der Waals surface area contributed by atoms with Gasteiger partial charge in [-0.05, 0) is 37.6 Å². The number of aromatic amines is 1. The van der Waals surface area contributed by atoms with E-state index < -0.39 is 11.6 Å². The molecule has 0 unspecified atom stereocenters. The van der Waals surface area contributed by atoms with Crippen LogP contribution < -0.4 is 5.56 Å². The zero-order valence-corrected chi connectivity index (χ0v) is 15.2. The van der Waals surface area contributed by atoms with Gasteiger partial charge in [-0.15, -0.1) is 0 Å². The van der Waals surface area contributed by atoms with Crippen molar-refractivity contribution in [3.8, 4) is 11.4 Å². The summed E-state index contributed by atoms with van der Waals surface area (Å²) in [6.45, 7) is 1.01. The van der Waals surface area contributed by atoms with Crippen molar-refractivity contribution in [2.24, 2.45) is 0 Å². The Morgan fingerprint density at radius 3 is 2.79 bits per heavy atom. The number of H-pyrrole nitrogens is 1. The number of nitrogens with zero attached hydrogens (tertiary/aromatic N) is 3. The van der Waals surface area contributed by atoms with Gasteiger partial charge >= 0.3 is 0 Å². The molecule has 5 nitrogen and oxygen atoms in total. The maximum Gasteiger partial charge on any atom is 0.251 e. The number of hydrogen-bond acceptors (Lipinski definition) is 4. The molecule has 1 N–H and O–H groups in total. The molecule has 0 radical (unpaired) electrons. The van der Waals surface area contributed by atoms with Crippen LogP contribution in [0, 0.1) is 11.6 Å². The van der Waals surface area contributed by atoms with Gasteiger partial charge in [-0.25, -0.2) is 13.8 Å². The van der Waals surface area contributed by atoms with E-state index in [1.54, 1.807) is 30.6 Å². The highest BCUT2D eigenvalue weighted by molar-refractivity contribution is 5.53. The van der Waals surface area contributed by atoms with Gasteiger partial charge in [-0.2, -0.15) is 0 Å². The van der Waals surface area contributed by atoms with Gasteiger partial charge < -0.3 is 4.98 Å². The monoisotopic (exact) mass is 382 g/mol. The summed E-state index contributed by atoms with van der Waals surface area (Å²) < 4.78 is 27.7. The van der Waals surface area contributed by atoms with Crippen molar-refractivity contribution in [1.82, 2.24) is 19.9 Å². The molecule has 2 aromatic heterocycles. The van der Waals surface area contributed by atoms with E-state index in [4.69, 9.17) is 0 Å². The van der Waals surface area contributed by atoms with E-state index in [0.29, 0.717) is 17.1 Å². The molecule has 0 spiro atoms. The van der Waals surface area contributed by atoms with E-state index in [1.165, 1.54) is 12.1 Å². The second kappa shape index (κ2) is 7.98. The molecule has 0 bridgehead atoms. The van der Waals surface area contributed by atoms with Crippen LogP contribution in [0.15, 0.2) is 53.6 Å². The molecular formula is C21H20F2N4O. The van der Waals surface area contributed by atoms with Crippen molar-refractivity contribution in [1.29, 1.82) is 0 Å². The fraction of sp³-hybridized carbons (Fsp3) is 0.286. The summed E-state index contributed by atoms with van der Waals surface area (Å²) in [7, 11) is 0. The van der Waals surface area contributed by atoms with Crippen molar-refractivity contribution in [3.63, 3.8) is 0 Å². The molecule has 1 aliphatic heterocycles. The van der Waals surface area contributed by atoms with Crippen molar-refractivity contribution in [2.45, 2.75) is 31.8 Å². The average Bonchev–Trinajstić information content (AvgIpc) is 2.72. The normalized spacial score (nSPS) is 17.6. The second-order valence-electron chi connectivity index (χ2n) is 6.95. The van der Waals surface area contributed by atoms with E-state index in [2.05, 4.69) is 19.9 Å². The highest BCUT2D eigenvalue weighted by Gasteiger charge is 2.27. The Labute approximate surface area is 161 Å². The Morgan fingerprint density at radius 2 is 1.96 bits per heavy atom. The number of likely N-dealkylation sites (tertiary alicyclic amines) is 1. The van der Waals surface area contributed by atoms with Gasteiger partial charge in [0.15, 0.2) is 11.6 Å². The lowest BCUT2D eigenvalue weighted by Crippen LogP contribution is -2.34. The Balaban J connectivity index is 1.67. The average molecular weight is 382 g/mol. The first-order valence-corrected chi connectivity index (χ1v) is 9.30. The van der Waals surface area contributed by atoms with Crippen molar-refractivity contribution in [3.05, 3.63) is 82.0 Å². The number of benzene rings is 1. The van der Waals surface area contributed by atoms with E-state index in [0.717, 1.165) is 37.4 Å². The highest BCUT2D eigenvalue weighted by Crippen LogP contribution is 2.32. The molecule has 1 saturated heterocycles. The summed E-state index contributed by atoms with van der Waals surface area (Å²) in [6.07, 6.45) is 6.05. The molecule has 1 aliphatic rings. The van der Waals surface area contributed by atoms with Gasteiger partial charge in [0.1, 0.15) is 5.82 Å². The smallest absolute Gasteiger partial charge is 0.251 e. The SMILES string of the molecule is O=c1cc([C@@H]2CCCCN2Cc2cccc(F)c2F)nc(-c2ccncc2)[nH]1. The van der Waals surface area contributed by atoms with Crippen LogP contribution in [-0.2, 0) is 6.54 Å². The Bertz CT molecular complexity index is 1020. The zero-order chi connectivity index (χ0) is 19.5. The number of pyridine rings is 1. The molecular weight excluding hydrogens is 362 g/mol. The van der Waals surface area contributed by atoms with E-state index in [9.17, 15) is 13.6 Å². The molecule has 4 rings (SSSR count). The van der Waals surface area contributed by atoms with Gasteiger partial charge in [0, 0.05) is 36.1 Å². The van der Waals surface area contributed by atoms with Gasteiger partial charge in [-0.1, -0.05) is 18.6 Å². The standard InChI is InChI=1S/C21H20F2N4O/c22-16-5-3-4-15(20(16)23)13-27-11-2-1-6-18(27)17-12-19(28)26-21(25-17)14-7-9-24-10-8-14/h3-5,7-10,12,18H,1-2,6,11,13H2,(H,25,26,28)/t18-/m0/s1. The summed E-state index contributed by atoms with van der Waals surface area (Å²) in [5.74, 6) is -1.18. The Morgan fingerprint density at radius 1 is 1.14 bits per heavy atom. The molecule has 3 heterocycles. The van der Waals surface area contributed by atoms with E-state index >= 15 is 0 Å². The molecule has 1 fully saturated rings. The summed E-state index contributed by atoms with van der Waals surface area (Å²) in [4.78, 5) is 25.7. The van der Waals surface area contributed by atoms with Gasteiger partial charge in [0.25, 0.3) is 5.56 Å². The Hall–Kier alpha value is -2.93. The minimum absolute atomic E-state index is 0.126. The first-order chi connectivity index (χ1) is 13.6. The third-order valence-corrected chi connectivity index (χ3v) is 5.08. The fourth-order valence-electron chi connectivity index (χ4n) is 3.70. The van der Waals surface area contributed by atoms with Crippen LogP contribution in [0.1, 0.15) is 36.6 Å². The predicted molar refractivity (Wildman–Crippen MR) is 101 cm³/mol. The maximum atomic E-state index is 14.2. The quantitative estimate of drug-likeness (QED) is 0.745. The Kier molecular flexibility index (Phi) is 5.25. The molecule has 0 saturated carbocycles. The summed E-state index contributed by atoms with van der Waals surface area (Å²) in [5.41, 5.74) is 1.49. The second-order valence-corrected chi connectivity index (χ2v) is 6.95. The van der Waals surface area contributed by atoms with Crippen LogP contribution in [-0.4, -0.2) is 26.4 Å². The molecule has 0 amide bonds. The van der Waals surface area contributed by atoms with Crippen LogP contribution in [0.4, 0.5) is 8.78 Å². The molecule has 0 aliphatic carbocycles. The number of halogens is 2. The van der Waals surface area contributed by atoms with Gasteiger partial charge in [-0.3, -0.25) is 14.7 Å². The lowest BCUT2D eigenvalue weighted by atomic mass is 9.98. The molecule has 28 heavy (non-hydrogen) atoms.